The summed E-state index contributed by atoms with van der Waals surface area (Å²) in [7, 11) is 0. The number of likely N-dealkylation sites (tertiary alicyclic amines) is 1. The van der Waals surface area contributed by atoms with Gasteiger partial charge in [-0.1, -0.05) is 0 Å². The van der Waals surface area contributed by atoms with Gasteiger partial charge in [-0.3, -0.25) is 19.3 Å². The van der Waals surface area contributed by atoms with Crippen LogP contribution in [0.2, 0.25) is 0 Å². The van der Waals surface area contributed by atoms with Crippen LogP contribution in [0.15, 0.2) is 0 Å². The Morgan fingerprint density at radius 2 is 2.03 bits per heavy atom. The molecule has 4 aliphatic rings. The number of amides is 4. The fourth-order valence-corrected chi connectivity index (χ4v) is 6.22. The molecule has 33 heavy (non-hydrogen) atoms. The second-order valence-corrected chi connectivity index (χ2v) is 10.9. The molecule has 0 aromatic heterocycles. The molecule has 0 radical (unpaired) electrons. The van der Waals surface area contributed by atoms with E-state index in [1.165, 1.54) is 4.90 Å². The van der Waals surface area contributed by atoms with Crippen LogP contribution in [0.5, 0.6) is 0 Å². The predicted octanol–water partition coefficient (Wildman–Crippen LogP) is 1.01. The average Bonchev–Trinajstić information content (AvgIpc) is 3.39. The fraction of sp³-hybridized carbons (Fsp3) is 0.818. The number of nitrogens with zero attached hydrogens (tertiary/aromatic N) is 1. The Balaban J connectivity index is 1.57. The van der Waals surface area contributed by atoms with Crippen molar-refractivity contribution in [1.29, 1.82) is 0 Å². The van der Waals surface area contributed by atoms with Gasteiger partial charge in [0.2, 0.25) is 17.7 Å². The molecule has 11 heteroatoms. The summed E-state index contributed by atoms with van der Waals surface area (Å²) in [5, 5.41) is 5.23. The molecule has 7 atom stereocenters. The van der Waals surface area contributed by atoms with Crippen LogP contribution in [0, 0.1) is 29.6 Å². The van der Waals surface area contributed by atoms with Crippen LogP contribution in [0.1, 0.15) is 46.5 Å². The highest BCUT2D eigenvalue weighted by molar-refractivity contribution is 5.92. The molecule has 9 nitrogen and oxygen atoms in total. The van der Waals surface area contributed by atoms with Gasteiger partial charge < -0.3 is 21.1 Å². The number of hydrogen-bond acceptors (Lipinski definition) is 5. The monoisotopic (exact) mass is 470 g/mol. The number of alkyl halides is 2. The third-order valence-electron chi connectivity index (χ3n) is 7.55. The van der Waals surface area contributed by atoms with E-state index in [1.54, 1.807) is 20.8 Å². The van der Waals surface area contributed by atoms with Crippen molar-refractivity contribution in [2.24, 2.45) is 35.3 Å². The number of halogens is 2. The molecule has 4 fully saturated rings. The lowest BCUT2D eigenvalue weighted by atomic mass is 9.76. The molecular weight excluding hydrogens is 438 g/mol. The SMILES string of the molecule is CC(C)(C)OC(=O)N1C[C@@H]2[C@H]3C[C@@H]([C@@H]2[C@H]1C(=O)N[C@@H](C[C@@H]1CCNC1=O)C(N)=O)C(F)(F)C3. The van der Waals surface area contributed by atoms with Crippen molar-refractivity contribution in [2.45, 2.75) is 70.1 Å². The van der Waals surface area contributed by atoms with Crippen molar-refractivity contribution in [3.63, 3.8) is 0 Å². The molecular formula is C22H32F2N4O5. The van der Waals surface area contributed by atoms with Gasteiger partial charge in [-0.15, -0.1) is 0 Å². The Hall–Kier alpha value is -2.46. The Kier molecular flexibility index (Phi) is 5.81. The van der Waals surface area contributed by atoms with Crippen molar-refractivity contribution in [1.82, 2.24) is 15.5 Å². The van der Waals surface area contributed by atoms with Crippen LogP contribution < -0.4 is 16.4 Å². The molecule has 0 unspecified atom stereocenters. The lowest BCUT2D eigenvalue weighted by molar-refractivity contribution is -0.135. The molecule has 0 aromatic rings. The summed E-state index contributed by atoms with van der Waals surface area (Å²) in [6.45, 7) is 5.68. The van der Waals surface area contributed by atoms with E-state index in [9.17, 15) is 28.0 Å². The number of ether oxygens (including phenoxy) is 1. The average molecular weight is 471 g/mol. The number of nitrogens with one attached hydrogen (secondary N) is 2. The first-order valence-electron chi connectivity index (χ1n) is 11.5. The van der Waals surface area contributed by atoms with Crippen LogP contribution in [-0.2, 0) is 19.1 Å². The summed E-state index contributed by atoms with van der Waals surface area (Å²) in [6.07, 6.45) is -0.147. The first-order valence-corrected chi connectivity index (χ1v) is 11.5. The van der Waals surface area contributed by atoms with Crippen molar-refractivity contribution >= 4 is 23.8 Å². The predicted molar refractivity (Wildman–Crippen MR) is 112 cm³/mol. The highest BCUT2D eigenvalue weighted by atomic mass is 19.3. The minimum Gasteiger partial charge on any atom is -0.444 e. The molecule has 2 bridgehead atoms. The van der Waals surface area contributed by atoms with Gasteiger partial charge in [0.1, 0.15) is 17.7 Å². The highest BCUT2D eigenvalue weighted by Gasteiger charge is 2.68. The Bertz CT molecular complexity index is 860. The number of nitrogens with two attached hydrogens (primary N) is 1. The maximum atomic E-state index is 14.6. The number of primary amides is 1. The summed E-state index contributed by atoms with van der Waals surface area (Å²) in [5.74, 6) is -7.37. The van der Waals surface area contributed by atoms with E-state index in [-0.39, 0.29) is 37.1 Å². The van der Waals surface area contributed by atoms with E-state index in [0.717, 1.165) is 0 Å². The quantitative estimate of drug-likeness (QED) is 0.552. The van der Waals surface area contributed by atoms with Crippen molar-refractivity contribution in [3.05, 3.63) is 0 Å². The Labute approximate surface area is 191 Å². The number of rotatable bonds is 5. The van der Waals surface area contributed by atoms with Gasteiger partial charge in [-0.25, -0.2) is 13.6 Å². The zero-order valence-corrected chi connectivity index (χ0v) is 19.1. The van der Waals surface area contributed by atoms with Crippen LogP contribution in [0.25, 0.3) is 0 Å². The maximum Gasteiger partial charge on any atom is 0.410 e. The molecule has 0 spiro atoms. The summed E-state index contributed by atoms with van der Waals surface area (Å²) in [4.78, 5) is 51.6. The standard InChI is InChI=1S/C22H32F2N4O5/c1-21(2,3)33-20(32)28-9-12-11-6-13(22(23,24)8-11)15(12)16(28)19(31)27-14(17(25)29)7-10-4-5-26-18(10)30/h10-16H,4-9H2,1-3H3,(H2,25,29)(H,26,30)(H,27,31)/t10-,11-,12+,13-,14-,15+,16-/m0/s1. The zero-order valence-electron chi connectivity index (χ0n) is 19.1. The molecule has 0 aromatic carbocycles. The molecule has 2 aliphatic heterocycles. The lowest BCUT2D eigenvalue weighted by Crippen LogP contribution is -2.56. The van der Waals surface area contributed by atoms with E-state index >= 15 is 0 Å². The Morgan fingerprint density at radius 3 is 2.61 bits per heavy atom. The van der Waals surface area contributed by atoms with Crippen LogP contribution >= 0.6 is 0 Å². The van der Waals surface area contributed by atoms with Gasteiger partial charge in [-0.2, -0.15) is 0 Å². The third kappa shape index (κ3) is 4.38. The normalized spacial score (nSPS) is 35.2. The molecule has 4 amide bonds. The van der Waals surface area contributed by atoms with Crippen LogP contribution in [-0.4, -0.2) is 65.4 Å². The first kappa shape index (κ1) is 23.7. The van der Waals surface area contributed by atoms with Gasteiger partial charge in [-0.05, 0) is 51.9 Å². The van der Waals surface area contributed by atoms with E-state index in [0.29, 0.717) is 19.4 Å². The third-order valence-corrected chi connectivity index (χ3v) is 7.55. The summed E-state index contributed by atoms with van der Waals surface area (Å²) < 4.78 is 34.7. The fourth-order valence-electron chi connectivity index (χ4n) is 6.22. The van der Waals surface area contributed by atoms with Gasteiger partial charge in [0.15, 0.2) is 0 Å². The highest BCUT2D eigenvalue weighted by Crippen LogP contribution is 2.63. The molecule has 2 aliphatic carbocycles. The van der Waals surface area contributed by atoms with Crippen LogP contribution in [0.4, 0.5) is 13.6 Å². The summed E-state index contributed by atoms with van der Waals surface area (Å²) in [6, 6.07) is -2.34. The maximum absolute atomic E-state index is 14.6. The second-order valence-electron chi connectivity index (χ2n) is 10.9. The van der Waals surface area contributed by atoms with Crippen LogP contribution in [0.3, 0.4) is 0 Å². The zero-order chi connectivity index (χ0) is 24.3. The number of hydrogen-bond donors (Lipinski definition) is 3. The lowest BCUT2D eigenvalue weighted by Gasteiger charge is -2.35. The molecule has 184 valence electrons. The van der Waals surface area contributed by atoms with E-state index < -0.39 is 59.3 Å². The topological polar surface area (TPSA) is 131 Å². The van der Waals surface area contributed by atoms with Gasteiger partial charge in [0.25, 0.3) is 5.92 Å². The van der Waals surface area contributed by atoms with E-state index in [1.807, 2.05) is 0 Å². The number of fused-ring (bicyclic) bond motifs is 5. The number of carbonyl (C=O) groups excluding carboxylic acids is 4. The minimum atomic E-state index is -2.90. The molecule has 2 heterocycles. The van der Waals surface area contributed by atoms with Crippen molar-refractivity contribution in [2.75, 3.05) is 13.1 Å². The second kappa shape index (κ2) is 8.09. The van der Waals surface area contributed by atoms with Crippen molar-refractivity contribution in [3.8, 4) is 0 Å². The molecule has 4 rings (SSSR count). The van der Waals surface area contributed by atoms with E-state index in [2.05, 4.69) is 10.6 Å². The number of carbonyl (C=O) groups is 4. The molecule has 2 saturated heterocycles. The molecule has 2 saturated carbocycles. The van der Waals surface area contributed by atoms with E-state index in [4.69, 9.17) is 10.5 Å². The Morgan fingerprint density at radius 1 is 1.33 bits per heavy atom. The largest absolute Gasteiger partial charge is 0.444 e. The minimum absolute atomic E-state index is 0.0162. The first-order chi connectivity index (χ1) is 15.3. The summed E-state index contributed by atoms with van der Waals surface area (Å²) in [5.41, 5.74) is 4.66. The molecule has 4 N–H and O–H groups in total. The van der Waals surface area contributed by atoms with Crippen molar-refractivity contribution < 1.29 is 32.7 Å². The van der Waals surface area contributed by atoms with Gasteiger partial charge in [0.05, 0.1) is 0 Å². The van der Waals surface area contributed by atoms with Gasteiger partial charge in [0, 0.05) is 37.3 Å². The summed E-state index contributed by atoms with van der Waals surface area (Å²) >= 11 is 0. The van der Waals surface area contributed by atoms with Gasteiger partial charge >= 0.3 is 6.09 Å². The smallest absolute Gasteiger partial charge is 0.410 e.